The summed E-state index contributed by atoms with van der Waals surface area (Å²) in [6, 6.07) is 19.4. The fourth-order valence-corrected chi connectivity index (χ4v) is 2.42. The quantitative estimate of drug-likeness (QED) is 0.711. The van der Waals surface area contributed by atoms with Crippen molar-refractivity contribution in [3.63, 3.8) is 0 Å². The maximum absolute atomic E-state index is 2.42. The molecule has 0 aliphatic carbocycles. The van der Waals surface area contributed by atoms with Crippen molar-refractivity contribution in [2.24, 2.45) is 0 Å². The van der Waals surface area contributed by atoms with E-state index in [1.165, 1.54) is 22.3 Å². The highest BCUT2D eigenvalue weighted by Gasteiger charge is 2.00. The van der Waals surface area contributed by atoms with Crippen LogP contribution < -0.4 is 0 Å². The van der Waals surface area contributed by atoms with Crippen molar-refractivity contribution >= 4 is 5.57 Å². The molecule has 0 bridgehead atoms. The minimum absolute atomic E-state index is 1.03. The molecule has 0 aliphatic heterocycles. The molecular weight excluding hydrogens is 254 g/mol. The maximum Gasteiger partial charge on any atom is 0.0168 e. The largest absolute Gasteiger partial charge is 0.300 e. The summed E-state index contributed by atoms with van der Waals surface area (Å²) >= 11 is 0. The molecule has 0 aliphatic rings. The van der Waals surface area contributed by atoms with Crippen LogP contribution in [0.15, 0.2) is 60.7 Å². The number of nitrogens with zero attached hydrogens (tertiary/aromatic N) is 1. The second-order valence-corrected chi connectivity index (χ2v) is 5.32. The predicted molar refractivity (Wildman–Crippen MR) is 93.3 cm³/mol. The Labute approximate surface area is 128 Å². The lowest BCUT2D eigenvalue weighted by molar-refractivity contribution is 0.337. The SMILES string of the molecule is CCN(CC)CC=C(C)c1ccc(-c2ccccc2)cc1. The van der Waals surface area contributed by atoms with Crippen LogP contribution in [-0.2, 0) is 0 Å². The van der Waals surface area contributed by atoms with E-state index in [1.54, 1.807) is 0 Å². The van der Waals surface area contributed by atoms with Gasteiger partial charge in [0, 0.05) is 6.54 Å². The molecule has 2 rings (SSSR count). The fourth-order valence-electron chi connectivity index (χ4n) is 2.42. The van der Waals surface area contributed by atoms with Crippen LogP contribution in [0.25, 0.3) is 16.7 Å². The second kappa shape index (κ2) is 7.80. The lowest BCUT2D eigenvalue weighted by Gasteiger charge is -2.16. The summed E-state index contributed by atoms with van der Waals surface area (Å²) in [5, 5.41) is 0. The molecule has 0 N–H and O–H groups in total. The summed E-state index contributed by atoms with van der Waals surface area (Å²) < 4.78 is 0. The molecule has 1 heteroatoms. The average molecular weight is 279 g/mol. The average Bonchev–Trinajstić information content (AvgIpc) is 2.56. The van der Waals surface area contributed by atoms with Crippen LogP contribution in [0, 0.1) is 0 Å². The molecule has 0 unspecified atom stereocenters. The summed E-state index contributed by atoms with van der Waals surface area (Å²) in [5.74, 6) is 0. The molecule has 21 heavy (non-hydrogen) atoms. The van der Waals surface area contributed by atoms with E-state index in [9.17, 15) is 0 Å². The van der Waals surface area contributed by atoms with Gasteiger partial charge in [0.2, 0.25) is 0 Å². The van der Waals surface area contributed by atoms with Crippen LogP contribution in [0.4, 0.5) is 0 Å². The third kappa shape index (κ3) is 4.30. The third-order valence-corrected chi connectivity index (χ3v) is 4.00. The van der Waals surface area contributed by atoms with E-state index in [0.29, 0.717) is 0 Å². The first kappa shape index (κ1) is 15.5. The Bertz CT molecular complexity index is 563. The molecule has 110 valence electrons. The lowest BCUT2D eigenvalue weighted by Crippen LogP contribution is -2.22. The normalized spacial score (nSPS) is 11.9. The van der Waals surface area contributed by atoms with E-state index in [0.717, 1.165) is 19.6 Å². The fraction of sp³-hybridized carbons (Fsp3) is 0.300. The van der Waals surface area contributed by atoms with Crippen molar-refractivity contribution in [3.05, 3.63) is 66.2 Å². The summed E-state index contributed by atoms with van der Waals surface area (Å²) in [5.41, 5.74) is 5.20. The molecule has 1 nitrogen and oxygen atoms in total. The zero-order valence-electron chi connectivity index (χ0n) is 13.3. The topological polar surface area (TPSA) is 3.24 Å². The number of hydrogen-bond donors (Lipinski definition) is 0. The first-order valence-electron chi connectivity index (χ1n) is 7.79. The van der Waals surface area contributed by atoms with Gasteiger partial charge in [0.25, 0.3) is 0 Å². The Morgan fingerprint density at radius 2 is 1.43 bits per heavy atom. The molecule has 2 aromatic carbocycles. The number of rotatable bonds is 6. The van der Waals surface area contributed by atoms with Crippen molar-refractivity contribution in [2.45, 2.75) is 20.8 Å². The van der Waals surface area contributed by atoms with Gasteiger partial charge in [0.15, 0.2) is 0 Å². The number of hydrogen-bond acceptors (Lipinski definition) is 1. The van der Waals surface area contributed by atoms with Crippen LogP contribution in [0.2, 0.25) is 0 Å². The summed E-state index contributed by atoms with van der Waals surface area (Å²) in [7, 11) is 0. The van der Waals surface area contributed by atoms with Crippen LogP contribution in [0.3, 0.4) is 0 Å². The molecule has 0 amide bonds. The summed E-state index contributed by atoms with van der Waals surface area (Å²) in [6.07, 6.45) is 2.32. The van der Waals surface area contributed by atoms with Gasteiger partial charge in [-0.3, -0.25) is 0 Å². The molecular formula is C20H25N. The Morgan fingerprint density at radius 3 is 2.00 bits per heavy atom. The Morgan fingerprint density at radius 1 is 0.857 bits per heavy atom. The van der Waals surface area contributed by atoms with Crippen LogP contribution in [-0.4, -0.2) is 24.5 Å². The van der Waals surface area contributed by atoms with Gasteiger partial charge < -0.3 is 4.90 Å². The standard InChI is InChI=1S/C20H25N/c1-4-21(5-2)16-15-17(3)18-11-13-20(14-12-18)19-9-7-6-8-10-19/h6-15H,4-5,16H2,1-3H3. The summed E-state index contributed by atoms with van der Waals surface area (Å²) in [6.45, 7) is 9.85. The van der Waals surface area contributed by atoms with Crippen LogP contribution in [0.5, 0.6) is 0 Å². The van der Waals surface area contributed by atoms with Crippen molar-refractivity contribution < 1.29 is 0 Å². The molecule has 2 aromatic rings. The van der Waals surface area contributed by atoms with Crippen molar-refractivity contribution in [1.29, 1.82) is 0 Å². The number of likely N-dealkylation sites (N-methyl/N-ethyl adjacent to an activating group) is 1. The molecule has 0 saturated carbocycles. The van der Waals surface area contributed by atoms with E-state index >= 15 is 0 Å². The molecule has 0 saturated heterocycles. The zero-order valence-corrected chi connectivity index (χ0v) is 13.3. The molecule has 0 aromatic heterocycles. The second-order valence-electron chi connectivity index (χ2n) is 5.32. The van der Waals surface area contributed by atoms with Crippen molar-refractivity contribution in [3.8, 4) is 11.1 Å². The van der Waals surface area contributed by atoms with E-state index in [2.05, 4.69) is 86.3 Å². The van der Waals surface area contributed by atoms with Gasteiger partial charge >= 0.3 is 0 Å². The number of benzene rings is 2. The van der Waals surface area contributed by atoms with E-state index in [4.69, 9.17) is 0 Å². The van der Waals surface area contributed by atoms with Gasteiger partial charge in [0.1, 0.15) is 0 Å². The molecule has 0 heterocycles. The maximum atomic E-state index is 2.42. The molecule has 0 fully saturated rings. The van der Waals surface area contributed by atoms with E-state index < -0.39 is 0 Å². The minimum atomic E-state index is 1.03. The van der Waals surface area contributed by atoms with Gasteiger partial charge in [-0.15, -0.1) is 0 Å². The predicted octanol–water partition coefficient (Wildman–Crippen LogP) is 5.10. The van der Waals surface area contributed by atoms with Gasteiger partial charge in [0.05, 0.1) is 0 Å². The van der Waals surface area contributed by atoms with Gasteiger partial charge in [-0.05, 0) is 42.3 Å². The van der Waals surface area contributed by atoms with Gasteiger partial charge in [-0.2, -0.15) is 0 Å². The highest BCUT2D eigenvalue weighted by atomic mass is 15.1. The van der Waals surface area contributed by atoms with Crippen LogP contribution >= 0.6 is 0 Å². The minimum Gasteiger partial charge on any atom is -0.300 e. The van der Waals surface area contributed by atoms with Gasteiger partial charge in [-0.25, -0.2) is 0 Å². The molecule has 0 radical (unpaired) electrons. The molecule has 0 spiro atoms. The van der Waals surface area contributed by atoms with Crippen molar-refractivity contribution in [1.82, 2.24) is 4.90 Å². The van der Waals surface area contributed by atoms with Crippen LogP contribution in [0.1, 0.15) is 26.3 Å². The monoisotopic (exact) mass is 279 g/mol. The highest BCUT2D eigenvalue weighted by Crippen LogP contribution is 2.22. The highest BCUT2D eigenvalue weighted by molar-refractivity contribution is 5.69. The van der Waals surface area contributed by atoms with Crippen molar-refractivity contribution in [2.75, 3.05) is 19.6 Å². The summed E-state index contributed by atoms with van der Waals surface area (Å²) in [4.78, 5) is 2.42. The Hall–Kier alpha value is -1.86. The Balaban J connectivity index is 2.10. The first-order valence-corrected chi connectivity index (χ1v) is 7.79. The molecule has 0 atom stereocenters. The third-order valence-electron chi connectivity index (χ3n) is 4.00. The smallest absolute Gasteiger partial charge is 0.0168 e. The zero-order chi connectivity index (χ0) is 15.1. The number of allylic oxidation sites excluding steroid dienone is 1. The lowest BCUT2D eigenvalue weighted by atomic mass is 10.0. The van der Waals surface area contributed by atoms with Gasteiger partial charge in [-0.1, -0.05) is 74.5 Å². The Kier molecular flexibility index (Phi) is 5.77. The van der Waals surface area contributed by atoms with E-state index in [1.807, 2.05) is 0 Å². The first-order chi connectivity index (χ1) is 10.2. The van der Waals surface area contributed by atoms with E-state index in [-0.39, 0.29) is 0 Å².